The number of hydrogen-bond acceptors (Lipinski definition) is 5. The Bertz CT molecular complexity index is 1670. The maximum Gasteiger partial charge on any atom is 0.573 e. The second-order valence-corrected chi connectivity index (χ2v) is 8.85. The van der Waals surface area contributed by atoms with Gasteiger partial charge in [0.05, 0.1) is 11.1 Å². The molecule has 0 atom stereocenters. The zero-order chi connectivity index (χ0) is 32.2. The van der Waals surface area contributed by atoms with Crippen molar-refractivity contribution in [3.8, 4) is 23.0 Å². The molecule has 0 fully saturated rings. The highest BCUT2D eigenvalue weighted by molar-refractivity contribution is 6.08. The molecule has 0 saturated carbocycles. The summed E-state index contributed by atoms with van der Waals surface area (Å²) in [5, 5.41) is 2.06. The van der Waals surface area contributed by atoms with Crippen LogP contribution in [0, 0.1) is 11.6 Å². The van der Waals surface area contributed by atoms with Gasteiger partial charge < -0.3 is 25.3 Å². The van der Waals surface area contributed by atoms with E-state index in [1.54, 1.807) is 30.3 Å². The van der Waals surface area contributed by atoms with Gasteiger partial charge in [0.2, 0.25) is 0 Å². The van der Waals surface area contributed by atoms with E-state index >= 15 is 4.39 Å². The largest absolute Gasteiger partial charge is 0.573 e. The van der Waals surface area contributed by atoms with Crippen molar-refractivity contribution in [2.24, 2.45) is 5.73 Å². The summed E-state index contributed by atoms with van der Waals surface area (Å²) in [6, 6.07) is 14.1. The lowest BCUT2D eigenvalue weighted by Crippen LogP contribution is -2.20. The van der Waals surface area contributed by atoms with Gasteiger partial charge in [-0.3, -0.25) is 9.59 Å². The van der Waals surface area contributed by atoms with Crippen LogP contribution in [0.3, 0.4) is 0 Å². The molecule has 4 rings (SSSR count). The van der Waals surface area contributed by atoms with Crippen LogP contribution in [-0.2, 0) is 12.8 Å². The summed E-state index contributed by atoms with van der Waals surface area (Å²) in [5.74, 6) is -8.62. The predicted octanol–water partition coefficient (Wildman–Crippen LogP) is 7.60. The Morgan fingerprint density at radius 1 is 0.818 bits per heavy atom. The number of ether oxygens (including phenoxy) is 3. The van der Waals surface area contributed by atoms with Gasteiger partial charge in [-0.25, -0.2) is 8.78 Å². The van der Waals surface area contributed by atoms with Crippen LogP contribution in [0.5, 0.6) is 23.0 Å². The first-order chi connectivity index (χ1) is 20.6. The highest BCUT2D eigenvalue weighted by Crippen LogP contribution is 2.44. The van der Waals surface area contributed by atoms with E-state index in [4.69, 9.17) is 15.2 Å². The van der Waals surface area contributed by atoms with Crippen molar-refractivity contribution in [1.82, 2.24) is 0 Å². The number of rotatable bonds is 9. The second-order valence-electron chi connectivity index (χ2n) is 8.85. The Morgan fingerprint density at radius 2 is 1.45 bits per heavy atom. The average Bonchev–Trinajstić information content (AvgIpc) is 2.93. The first kappa shape index (κ1) is 31.6. The molecule has 230 valence electrons. The van der Waals surface area contributed by atoms with Crippen molar-refractivity contribution >= 4 is 17.5 Å². The lowest BCUT2D eigenvalue weighted by atomic mass is 10.0. The van der Waals surface area contributed by atoms with E-state index < -0.39 is 69.9 Å². The Hall–Kier alpha value is -5.34. The number of carbonyl (C=O) groups excluding carboxylic acids is 2. The number of nitrogens with one attached hydrogen (secondary N) is 1. The van der Waals surface area contributed by atoms with E-state index in [1.807, 2.05) is 0 Å². The molecule has 7 nitrogen and oxygen atoms in total. The van der Waals surface area contributed by atoms with Gasteiger partial charge in [0.25, 0.3) is 11.8 Å². The zero-order valence-corrected chi connectivity index (χ0v) is 21.9. The Kier molecular flexibility index (Phi) is 8.97. The molecule has 2 amide bonds. The van der Waals surface area contributed by atoms with Crippen LogP contribution in [0.2, 0.25) is 0 Å². The van der Waals surface area contributed by atoms with Crippen molar-refractivity contribution in [1.29, 1.82) is 0 Å². The molecule has 0 spiro atoms. The van der Waals surface area contributed by atoms with Gasteiger partial charge in [0.1, 0.15) is 29.5 Å². The number of primary amides is 1. The summed E-state index contributed by atoms with van der Waals surface area (Å²) in [7, 11) is 0. The number of alkyl halides is 6. The summed E-state index contributed by atoms with van der Waals surface area (Å²) < 4.78 is 124. The monoisotopic (exact) mass is 626 g/mol. The lowest BCUT2D eigenvalue weighted by Gasteiger charge is -2.20. The average molecular weight is 626 g/mol. The van der Waals surface area contributed by atoms with Gasteiger partial charge in [0, 0.05) is 5.69 Å². The molecule has 44 heavy (non-hydrogen) atoms. The minimum Gasteiger partial charge on any atom is -0.485 e. The van der Waals surface area contributed by atoms with E-state index in [-0.39, 0.29) is 24.1 Å². The third-order valence-corrected chi connectivity index (χ3v) is 5.72. The maximum atomic E-state index is 15.6. The van der Waals surface area contributed by atoms with Crippen molar-refractivity contribution in [3.05, 3.63) is 113 Å². The van der Waals surface area contributed by atoms with Gasteiger partial charge >= 0.3 is 12.5 Å². The number of nitrogens with two attached hydrogens (primary N) is 1. The van der Waals surface area contributed by atoms with Crippen LogP contribution in [0.1, 0.15) is 31.8 Å². The standard InChI is InChI=1S/C29H18F8N2O5/c30-21-11-6-16(12-19(21)26(38)40)39-27(41)23-24(31)20(28(32,33)34)13-22(42-14-15-4-2-1-3-5-15)25(23)43-17-7-9-18(10-8-17)44-29(35,36)37/h1-13H,14H2,(H2,38,40)(H,39,41). The third kappa shape index (κ3) is 7.73. The molecule has 0 bridgehead atoms. The number of benzene rings is 4. The second kappa shape index (κ2) is 12.5. The molecule has 0 aliphatic heterocycles. The maximum absolute atomic E-state index is 15.6. The van der Waals surface area contributed by atoms with Crippen LogP contribution < -0.4 is 25.3 Å². The minimum atomic E-state index is -5.34. The van der Waals surface area contributed by atoms with Crippen molar-refractivity contribution in [2.75, 3.05) is 5.32 Å². The summed E-state index contributed by atoms with van der Waals surface area (Å²) in [5.41, 5.74) is 1.27. The molecule has 0 aromatic heterocycles. The van der Waals surface area contributed by atoms with Gasteiger partial charge in [-0.05, 0) is 54.1 Å². The predicted molar refractivity (Wildman–Crippen MR) is 138 cm³/mol. The van der Waals surface area contributed by atoms with E-state index in [9.17, 15) is 40.3 Å². The van der Waals surface area contributed by atoms with Crippen LogP contribution in [-0.4, -0.2) is 18.2 Å². The van der Waals surface area contributed by atoms with Gasteiger partial charge in [0.15, 0.2) is 17.3 Å². The summed E-state index contributed by atoms with van der Waals surface area (Å²) in [4.78, 5) is 24.8. The normalized spacial score (nSPS) is 11.5. The Balaban J connectivity index is 1.83. The topological polar surface area (TPSA) is 99.9 Å². The van der Waals surface area contributed by atoms with Gasteiger partial charge in [-0.1, -0.05) is 30.3 Å². The molecule has 0 radical (unpaired) electrons. The molecular weight excluding hydrogens is 608 g/mol. The Labute approximate surface area is 242 Å². The van der Waals surface area contributed by atoms with Crippen molar-refractivity contribution < 1.29 is 58.9 Å². The first-order valence-corrected chi connectivity index (χ1v) is 12.2. The van der Waals surface area contributed by atoms with Crippen LogP contribution in [0.15, 0.2) is 78.9 Å². The molecule has 4 aromatic rings. The van der Waals surface area contributed by atoms with E-state index in [2.05, 4.69) is 10.1 Å². The molecule has 0 aliphatic rings. The first-order valence-electron chi connectivity index (χ1n) is 12.2. The highest BCUT2D eigenvalue weighted by atomic mass is 19.4. The molecular formula is C29H18F8N2O5. The molecule has 3 N–H and O–H groups in total. The number of anilines is 1. The lowest BCUT2D eigenvalue weighted by molar-refractivity contribution is -0.274. The van der Waals surface area contributed by atoms with Gasteiger partial charge in [-0.2, -0.15) is 13.2 Å². The number of hydrogen-bond donors (Lipinski definition) is 2. The number of carbonyl (C=O) groups is 2. The van der Waals surface area contributed by atoms with E-state index in [1.165, 1.54) is 0 Å². The van der Waals surface area contributed by atoms with Crippen LogP contribution in [0.4, 0.5) is 40.8 Å². The van der Waals surface area contributed by atoms with Crippen LogP contribution in [0.25, 0.3) is 0 Å². The fourth-order valence-electron chi connectivity index (χ4n) is 3.78. The SMILES string of the molecule is NC(=O)c1cc(NC(=O)c2c(F)c(C(F)(F)F)cc(OCc3ccccc3)c2Oc2ccc(OC(F)(F)F)cc2)ccc1F. The quantitative estimate of drug-likeness (QED) is 0.187. The summed E-state index contributed by atoms with van der Waals surface area (Å²) in [6.45, 7) is -0.376. The van der Waals surface area contributed by atoms with Crippen LogP contribution >= 0.6 is 0 Å². The summed E-state index contributed by atoms with van der Waals surface area (Å²) >= 11 is 0. The van der Waals surface area contributed by atoms with Crippen molar-refractivity contribution in [3.63, 3.8) is 0 Å². The number of halogens is 8. The third-order valence-electron chi connectivity index (χ3n) is 5.72. The zero-order valence-electron chi connectivity index (χ0n) is 21.9. The molecule has 0 aliphatic carbocycles. The van der Waals surface area contributed by atoms with E-state index in [0.29, 0.717) is 5.56 Å². The fraction of sp³-hybridized carbons (Fsp3) is 0.103. The molecule has 0 unspecified atom stereocenters. The smallest absolute Gasteiger partial charge is 0.485 e. The molecule has 0 saturated heterocycles. The molecule has 0 heterocycles. The minimum absolute atomic E-state index is 0.259. The Morgan fingerprint density at radius 3 is 2.05 bits per heavy atom. The molecule has 15 heteroatoms. The number of amides is 2. The molecule has 4 aromatic carbocycles. The fourth-order valence-corrected chi connectivity index (χ4v) is 3.78. The highest BCUT2D eigenvalue weighted by Gasteiger charge is 2.40. The summed E-state index contributed by atoms with van der Waals surface area (Å²) in [6.07, 6.45) is -10.4. The van der Waals surface area contributed by atoms with E-state index in [0.717, 1.165) is 42.5 Å². The van der Waals surface area contributed by atoms with Crippen molar-refractivity contribution in [2.45, 2.75) is 19.1 Å². The van der Waals surface area contributed by atoms with Gasteiger partial charge in [-0.15, -0.1) is 13.2 Å².